The van der Waals surface area contributed by atoms with Crippen LogP contribution in [0.4, 0.5) is 0 Å². The molecule has 0 aliphatic carbocycles. The Hall–Kier alpha value is -0.770. The monoisotopic (exact) mass is 199 g/mol. The predicted octanol–water partition coefficient (Wildman–Crippen LogP) is 1.02. The van der Waals surface area contributed by atoms with Gasteiger partial charge >= 0.3 is 0 Å². The third kappa shape index (κ3) is 1.50. The fourth-order valence-corrected chi connectivity index (χ4v) is 4.03. The van der Waals surface area contributed by atoms with Crippen molar-refractivity contribution in [3.05, 3.63) is 24.5 Å². The molecule has 2 heterocycles. The molecule has 1 aliphatic heterocycles. The fourth-order valence-electron chi connectivity index (χ4n) is 1.89. The van der Waals surface area contributed by atoms with Crippen molar-refractivity contribution < 1.29 is 8.42 Å². The number of hydrogen-bond donors (Lipinski definition) is 0. The second-order valence-electron chi connectivity index (χ2n) is 3.93. The van der Waals surface area contributed by atoms with Gasteiger partial charge in [0.25, 0.3) is 0 Å². The molecule has 0 bridgehead atoms. The molecule has 1 aromatic heterocycles. The van der Waals surface area contributed by atoms with Crippen LogP contribution in [0.3, 0.4) is 0 Å². The smallest absolute Gasteiger partial charge is 0.152 e. The average Bonchev–Trinajstić information content (AvgIpc) is 2.58. The summed E-state index contributed by atoms with van der Waals surface area (Å²) in [6.07, 6.45) is 4.59. The number of sulfone groups is 1. The Morgan fingerprint density at radius 3 is 2.38 bits per heavy atom. The lowest BCUT2D eigenvalue weighted by Crippen LogP contribution is -2.29. The molecule has 0 amide bonds. The second-order valence-corrected chi connectivity index (χ2v) is 6.11. The van der Waals surface area contributed by atoms with Crippen LogP contribution in [0.1, 0.15) is 13.3 Å². The Bertz CT molecular complexity index is 393. The SMILES string of the molecule is CC1(n2cccc2)CCS(=O)(=O)C1. The van der Waals surface area contributed by atoms with E-state index in [1.54, 1.807) is 0 Å². The summed E-state index contributed by atoms with van der Waals surface area (Å²) in [5.41, 5.74) is -0.220. The van der Waals surface area contributed by atoms with Gasteiger partial charge in [-0.2, -0.15) is 0 Å². The van der Waals surface area contributed by atoms with E-state index in [1.807, 2.05) is 36.0 Å². The zero-order chi connectivity index (χ0) is 9.53. The van der Waals surface area contributed by atoms with E-state index in [0.717, 1.165) is 6.42 Å². The van der Waals surface area contributed by atoms with Gasteiger partial charge in [-0.05, 0) is 25.5 Å². The lowest BCUT2D eigenvalue weighted by molar-refractivity contribution is 0.367. The van der Waals surface area contributed by atoms with E-state index >= 15 is 0 Å². The van der Waals surface area contributed by atoms with Crippen molar-refractivity contribution in [2.24, 2.45) is 0 Å². The molecule has 1 saturated heterocycles. The van der Waals surface area contributed by atoms with Crippen molar-refractivity contribution in [3.8, 4) is 0 Å². The third-order valence-corrected chi connectivity index (χ3v) is 4.60. The van der Waals surface area contributed by atoms with Gasteiger partial charge < -0.3 is 4.57 Å². The zero-order valence-corrected chi connectivity index (χ0v) is 8.42. The molecule has 0 N–H and O–H groups in total. The molecule has 0 saturated carbocycles. The number of nitrogens with zero attached hydrogens (tertiary/aromatic N) is 1. The molecule has 0 spiro atoms. The van der Waals surface area contributed by atoms with E-state index in [2.05, 4.69) is 0 Å². The summed E-state index contributed by atoms with van der Waals surface area (Å²) in [6, 6.07) is 3.85. The summed E-state index contributed by atoms with van der Waals surface area (Å²) < 4.78 is 24.7. The third-order valence-electron chi connectivity index (χ3n) is 2.71. The molecule has 2 rings (SSSR count). The first-order valence-corrected chi connectivity index (χ1v) is 6.18. The number of rotatable bonds is 1. The first-order valence-electron chi connectivity index (χ1n) is 4.36. The zero-order valence-electron chi connectivity index (χ0n) is 7.60. The Balaban J connectivity index is 2.35. The molecule has 1 unspecified atom stereocenters. The van der Waals surface area contributed by atoms with Gasteiger partial charge in [0, 0.05) is 12.4 Å². The normalized spacial score (nSPS) is 32.1. The molecule has 4 heteroatoms. The van der Waals surface area contributed by atoms with E-state index < -0.39 is 9.84 Å². The van der Waals surface area contributed by atoms with Gasteiger partial charge in [0.05, 0.1) is 17.0 Å². The number of aromatic nitrogens is 1. The molecule has 72 valence electrons. The van der Waals surface area contributed by atoms with Gasteiger partial charge in [0.15, 0.2) is 9.84 Å². The summed E-state index contributed by atoms with van der Waals surface area (Å²) in [6.45, 7) is 2.00. The van der Waals surface area contributed by atoms with Crippen molar-refractivity contribution >= 4 is 9.84 Å². The highest BCUT2D eigenvalue weighted by molar-refractivity contribution is 7.91. The van der Waals surface area contributed by atoms with Crippen LogP contribution >= 0.6 is 0 Å². The summed E-state index contributed by atoms with van der Waals surface area (Å²) in [4.78, 5) is 0. The fraction of sp³-hybridized carbons (Fsp3) is 0.556. The Morgan fingerprint density at radius 1 is 1.31 bits per heavy atom. The molecule has 1 fully saturated rings. The molecule has 13 heavy (non-hydrogen) atoms. The van der Waals surface area contributed by atoms with E-state index in [1.165, 1.54) is 0 Å². The summed E-state index contributed by atoms with van der Waals surface area (Å²) in [7, 11) is -2.80. The van der Waals surface area contributed by atoms with Gasteiger partial charge in [-0.25, -0.2) is 8.42 Å². The van der Waals surface area contributed by atoms with Crippen LogP contribution in [0, 0.1) is 0 Å². The van der Waals surface area contributed by atoms with E-state index in [9.17, 15) is 8.42 Å². The lowest BCUT2D eigenvalue weighted by Gasteiger charge is -2.24. The Morgan fingerprint density at radius 2 is 1.92 bits per heavy atom. The lowest BCUT2D eigenvalue weighted by atomic mass is 10.0. The predicted molar refractivity (Wildman–Crippen MR) is 51.4 cm³/mol. The van der Waals surface area contributed by atoms with Crippen molar-refractivity contribution in [1.82, 2.24) is 4.57 Å². The molecule has 0 radical (unpaired) electrons. The highest BCUT2D eigenvalue weighted by atomic mass is 32.2. The average molecular weight is 199 g/mol. The van der Waals surface area contributed by atoms with Gasteiger partial charge in [0.1, 0.15) is 0 Å². The second kappa shape index (κ2) is 2.61. The van der Waals surface area contributed by atoms with E-state index in [-0.39, 0.29) is 11.3 Å². The van der Waals surface area contributed by atoms with Crippen LogP contribution in [-0.4, -0.2) is 24.5 Å². The highest BCUT2D eigenvalue weighted by Crippen LogP contribution is 2.30. The standard InChI is InChI=1S/C9H13NO2S/c1-9(10-5-2-3-6-10)4-7-13(11,12)8-9/h2-3,5-6H,4,7-8H2,1H3. The minimum Gasteiger partial charge on any atom is -0.347 e. The van der Waals surface area contributed by atoms with E-state index in [4.69, 9.17) is 0 Å². The van der Waals surface area contributed by atoms with Crippen LogP contribution in [0.2, 0.25) is 0 Å². The van der Waals surface area contributed by atoms with Crippen molar-refractivity contribution in [3.63, 3.8) is 0 Å². The van der Waals surface area contributed by atoms with Crippen molar-refractivity contribution in [2.75, 3.05) is 11.5 Å². The molecule has 3 nitrogen and oxygen atoms in total. The maximum Gasteiger partial charge on any atom is 0.152 e. The van der Waals surface area contributed by atoms with Crippen LogP contribution in [0.5, 0.6) is 0 Å². The van der Waals surface area contributed by atoms with Gasteiger partial charge in [0.2, 0.25) is 0 Å². The van der Waals surface area contributed by atoms with Crippen LogP contribution < -0.4 is 0 Å². The Kier molecular flexibility index (Phi) is 1.77. The summed E-state index contributed by atoms with van der Waals surface area (Å²) >= 11 is 0. The molecular weight excluding hydrogens is 186 g/mol. The minimum absolute atomic E-state index is 0.220. The Labute approximate surface area is 78.3 Å². The van der Waals surface area contributed by atoms with E-state index in [0.29, 0.717) is 5.75 Å². The molecule has 1 aromatic rings. The summed E-state index contributed by atoms with van der Waals surface area (Å²) in [5.74, 6) is 0.594. The molecule has 1 atom stereocenters. The van der Waals surface area contributed by atoms with Gasteiger partial charge in [-0.1, -0.05) is 0 Å². The molecule has 0 aromatic carbocycles. The maximum absolute atomic E-state index is 11.3. The number of hydrogen-bond acceptors (Lipinski definition) is 2. The van der Waals surface area contributed by atoms with Crippen LogP contribution in [0.15, 0.2) is 24.5 Å². The maximum atomic E-state index is 11.3. The van der Waals surface area contributed by atoms with Gasteiger partial charge in [-0.15, -0.1) is 0 Å². The van der Waals surface area contributed by atoms with Crippen molar-refractivity contribution in [2.45, 2.75) is 18.9 Å². The first-order chi connectivity index (χ1) is 6.02. The molecular formula is C9H13NO2S. The summed E-state index contributed by atoms with van der Waals surface area (Å²) in [5, 5.41) is 0. The quantitative estimate of drug-likeness (QED) is 0.677. The highest BCUT2D eigenvalue weighted by Gasteiger charge is 2.39. The van der Waals surface area contributed by atoms with Gasteiger partial charge in [-0.3, -0.25) is 0 Å². The minimum atomic E-state index is -2.80. The van der Waals surface area contributed by atoms with Crippen LogP contribution in [-0.2, 0) is 15.4 Å². The largest absolute Gasteiger partial charge is 0.347 e. The molecule has 1 aliphatic rings. The van der Waals surface area contributed by atoms with Crippen molar-refractivity contribution in [1.29, 1.82) is 0 Å². The van der Waals surface area contributed by atoms with Crippen LogP contribution in [0.25, 0.3) is 0 Å². The first kappa shape index (κ1) is 8.81. The topological polar surface area (TPSA) is 39.1 Å².